The largest absolute Gasteiger partial charge is 0.496 e. The van der Waals surface area contributed by atoms with E-state index in [0.29, 0.717) is 17.2 Å². The monoisotopic (exact) mass is 405 g/mol. The molecule has 156 valence electrons. The van der Waals surface area contributed by atoms with E-state index in [-0.39, 0.29) is 17.3 Å². The van der Waals surface area contributed by atoms with Crippen molar-refractivity contribution in [3.8, 4) is 16.9 Å². The van der Waals surface area contributed by atoms with E-state index >= 15 is 0 Å². The van der Waals surface area contributed by atoms with Crippen LogP contribution in [-0.2, 0) is 4.79 Å². The van der Waals surface area contributed by atoms with Crippen LogP contribution in [0.5, 0.6) is 5.75 Å². The number of benzene rings is 2. The van der Waals surface area contributed by atoms with E-state index in [1.54, 1.807) is 13.2 Å². The third kappa shape index (κ3) is 3.26. The van der Waals surface area contributed by atoms with Crippen LogP contribution < -0.4 is 4.74 Å². The Balaban J connectivity index is 1.42. The van der Waals surface area contributed by atoms with Gasteiger partial charge in [0.15, 0.2) is 0 Å². The number of carboxylic acids is 1. The van der Waals surface area contributed by atoms with E-state index in [4.69, 9.17) is 4.74 Å². The van der Waals surface area contributed by atoms with Crippen LogP contribution >= 0.6 is 0 Å². The topological polar surface area (TPSA) is 66.8 Å². The van der Waals surface area contributed by atoms with Gasteiger partial charge in [0, 0.05) is 24.6 Å². The Morgan fingerprint density at radius 3 is 2.40 bits per heavy atom. The molecular formula is C25H27NO4. The number of aromatic carboxylic acids is 1. The van der Waals surface area contributed by atoms with Gasteiger partial charge in [-0.15, -0.1) is 0 Å². The van der Waals surface area contributed by atoms with E-state index in [9.17, 15) is 14.7 Å². The number of hydrogen-bond donors (Lipinski definition) is 1. The molecule has 1 N–H and O–H groups in total. The molecule has 0 bridgehead atoms. The highest BCUT2D eigenvalue weighted by molar-refractivity contribution is 5.93. The first-order valence-corrected chi connectivity index (χ1v) is 10.8. The first-order chi connectivity index (χ1) is 14.5. The lowest BCUT2D eigenvalue weighted by Gasteiger charge is -2.33. The Kier molecular flexibility index (Phi) is 4.57. The van der Waals surface area contributed by atoms with Crippen LogP contribution in [-0.4, -0.2) is 42.1 Å². The number of rotatable bonds is 5. The Labute approximate surface area is 176 Å². The SMILES string of the molecule is COc1cc([C@H]2CC23CCN(C(=O)C2CC2)CC3)c(C(=O)O)cc1-c1ccccc1. The summed E-state index contributed by atoms with van der Waals surface area (Å²) in [5, 5.41) is 9.95. The number of piperidine rings is 1. The smallest absolute Gasteiger partial charge is 0.335 e. The molecule has 1 amide bonds. The van der Waals surface area contributed by atoms with E-state index in [2.05, 4.69) is 0 Å². The molecule has 0 unspecified atom stereocenters. The van der Waals surface area contributed by atoms with Gasteiger partial charge in [0.2, 0.25) is 5.91 Å². The zero-order valence-electron chi connectivity index (χ0n) is 17.3. The number of nitrogens with zero attached hydrogens (tertiary/aromatic N) is 1. The predicted molar refractivity (Wildman–Crippen MR) is 114 cm³/mol. The summed E-state index contributed by atoms with van der Waals surface area (Å²) < 4.78 is 5.66. The van der Waals surface area contributed by atoms with Crippen molar-refractivity contribution < 1.29 is 19.4 Å². The minimum absolute atomic E-state index is 0.129. The van der Waals surface area contributed by atoms with Gasteiger partial charge in [0.1, 0.15) is 5.75 Å². The van der Waals surface area contributed by atoms with Gasteiger partial charge in [0.05, 0.1) is 12.7 Å². The van der Waals surface area contributed by atoms with Gasteiger partial charge in [-0.25, -0.2) is 4.79 Å². The summed E-state index contributed by atoms with van der Waals surface area (Å²) in [5.74, 6) is 0.628. The molecule has 2 aromatic rings. The first-order valence-electron chi connectivity index (χ1n) is 10.8. The van der Waals surface area contributed by atoms with Crippen LogP contribution in [0.1, 0.15) is 53.9 Å². The number of ether oxygens (including phenoxy) is 1. The highest BCUT2D eigenvalue weighted by Crippen LogP contribution is 2.66. The molecule has 1 heterocycles. The Hall–Kier alpha value is -2.82. The molecule has 5 rings (SSSR count). The van der Waals surface area contributed by atoms with Crippen molar-refractivity contribution >= 4 is 11.9 Å². The molecule has 2 aromatic carbocycles. The van der Waals surface area contributed by atoms with Crippen molar-refractivity contribution in [2.24, 2.45) is 11.3 Å². The van der Waals surface area contributed by atoms with Gasteiger partial charge in [0.25, 0.3) is 0 Å². The molecule has 1 spiro atoms. The molecule has 0 radical (unpaired) electrons. The summed E-state index contributed by atoms with van der Waals surface area (Å²) in [7, 11) is 1.64. The van der Waals surface area contributed by atoms with Crippen LogP contribution in [0.15, 0.2) is 42.5 Å². The average Bonchev–Trinajstić information content (AvgIpc) is 3.70. The zero-order valence-corrected chi connectivity index (χ0v) is 17.3. The maximum Gasteiger partial charge on any atom is 0.335 e. The van der Waals surface area contributed by atoms with Gasteiger partial charge in [-0.3, -0.25) is 4.79 Å². The maximum absolute atomic E-state index is 12.4. The highest BCUT2D eigenvalue weighted by atomic mass is 16.5. The van der Waals surface area contributed by atoms with Gasteiger partial charge >= 0.3 is 5.97 Å². The predicted octanol–water partition coefficient (Wildman–Crippen LogP) is 4.57. The summed E-state index contributed by atoms with van der Waals surface area (Å²) in [4.78, 5) is 26.5. The average molecular weight is 405 g/mol. The van der Waals surface area contributed by atoms with E-state index in [1.165, 1.54) is 0 Å². The molecule has 1 aliphatic heterocycles. The van der Waals surface area contributed by atoms with E-state index in [0.717, 1.165) is 61.9 Å². The van der Waals surface area contributed by atoms with Crippen LogP contribution in [0.3, 0.4) is 0 Å². The molecule has 30 heavy (non-hydrogen) atoms. The quantitative estimate of drug-likeness (QED) is 0.792. The normalized spacial score (nSPS) is 22.0. The molecule has 5 nitrogen and oxygen atoms in total. The first kappa shape index (κ1) is 19.2. The molecule has 1 saturated heterocycles. The van der Waals surface area contributed by atoms with Crippen molar-refractivity contribution in [2.45, 2.75) is 38.0 Å². The molecule has 2 aliphatic carbocycles. The van der Waals surface area contributed by atoms with Crippen LogP contribution in [0, 0.1) is 11.3 Å². The molecule has 1 atom stereocenters. The Morgan fingerprint density at radius 1 is 1.10 bits per heavy atom. The third-order valence-corrected chi connectivity index (χ3v) is 7.25. The van der Waals surface area contributed by atoms with Gasteiger partial charge in [-0.1, -0.05) is 30.3 Å². The second kappa shape index (κ2) is 7.15. The van der Waals surface area contributed by atoms with E-state index < -0.39 is 5.97 Å². The summed E-state index contributed by atoms with van der Waals surface area (Å²) >= 11 is 0. The summed E-state index contributed by atoms with van der Waals surface area (Å²) in [6.45, 7) is 1.60. The zero-order chi connectivity index (χ0) is 20.9. The minimum Gasteiger partial charge on any atom is -0.496 e. The second-order valence-corrected chi connectivity index (χ2v) is 9.03. The molecule has 3 fully saturated rings. The van der Waals surface area contributed by atoms with Gasteiger partial charge < -0.3 is 14.7 Å². The lowest BCUT2D eigenvalue weighted by Crippen LogP contribution is -2.40. The third-order valence-electron chi connectivity index (χ3n) is 7.25. The summed E-state index contributed by atoms with van der Waals surface area (Å²) in [6.07, 6.45) is 4.99. The lowest BCUT2D eigenvalue weighted by molar-refractivity contribution is -0.134. The number of likely N-dealkylation sites (tertiary alicyclic amines) is 1. The molecule has 5 heteroatoms. The summed E-state index contributed by atoms with van der Waals surface area (Å²) in [6, 6.07) is 13.5. The molecule has 3 aliphatic rings. The minimum atomic E-state index is -0.895. The summed E-state index contributed by atoms with van der Waals surface area (Å²) in [5.41, 5.74) is 3.12. The van der Waals surface area contributed by atoms with Crippen LogP contribution in [0.4, 0.5) is 0 Å². The van der Waals surface area contributed by atoms with E-state index in [1.807, 2.05) is 41.3 Å². The fourth-order valence-corrected chi connectivity index (χ4v) is 5.18. The molecular weight excluding hydrogens is 378 g/mol. The standard InChI is InChI=1S/C25H27NO4/c1-30-22-14-19(20(24(28)29)13-18(22)16-5-3-2-4-6-16)21-15-25(21)9-11-26(12-10-25)23(27)17-7-8-17/h2-6,13-14,17,21H,7-12,15H2,1H3,(H,28,29)/t21-/m1/s1. The fraction of sp³-hybridized carbons (Fsp3) is 0.440. The van der Waals surface area contributed by atoms with Crippen molar-refractivity contribution in [3.05, 3.63) is 53.6 Å². The van der Waals surface area contributed by atoms with Gasteiger partial charge in [-0.2, -0.15) is 0 Å². The second-order valence-electron chi connectivity index (χ2n) is 9.03. The number of amides is 1. The van der Waals surface area contributed by atoms with Crippen LogP contribution in [0.25, 0.3) is 11.1 Å². The number of carboxylic acid groups (broad SMARTS) is 1. The fourth-order valence-electron chi connectivity index (χ4n) is 5.18. The van der Waals surface area contributed by atoms with Crippen LogP contribution in [0.2, 0.25) is 0 Å². The number of carbonyl (C=O) groups excluding carboxylic acids is 1. The molecule has 2 saturated carbocycles. The Morgan fingerprint density at radius 2 is 1.80 bits per heavy atom. The number of methoxy groups -OCH3 is 1. The van der Waals surface area contributed by atoms with Crippen molar-refractivity contribution in [1.29, 1.82) is 0 Å². The van der Waals surface area contributed by atoms with Gasteiger partial charge in [-0.05, 0) is 66.7 Å². The van der Waals surface area contributed by atoms with Crippen molar-refractivity contribution in [3.63, 3.8) is 0 Å². The highest BCUT2D eigenvalue weighted by Gasteiger charge is 2.57. The number of hydrogen-bond acceptors (Lipinski definition) is 3. The van der Waals surface area contributed by atoms with Crippen molar-refractivity contribution in [2.75, 3.05) is 20.2 Å². The Bertz CT molecular complexity index is 988. The maximum atomic E-state index is 12.4. The van der Waals surface area contributed by atoms with Crippen molar-refractivity contribution in [1.82, 2.24) is 4.90 Å². The lowest BCUT2D eigenvalue weighted by atomic mass is 9.86. The number of carbonyl (C=O) groups is 2. The molecule has 0 aromatic heterocycles.